The maximum atomic E-state index is 12.8. The van der Waals surface area contributed by atoms with E-state index in [0.717, 1.165) is 4.57 Å². The van der Waals surface area contributed by atoms with Crippen LogP contribution in [0.5, 0.6) is 0 Å². The van der Waals surface area contributed by atoms with E-state index >= 15 is 0 Å². The molecule has 1 fully saturated rings. The maximum Gasteiger partial charge on any atom is 0.412 e. The van der Waals surface area contributed by atoms with Gasteiger partial charge >= 0.3 is 6.18 Å². The lowest BCUT2D eigenvalue weighted by Gasteiger charge is -2.22. The third-order valence-corrected chi connectivity index (χ3v) is 2.93. The summed E-state index contributed by atoms with van der Waals surface area (Å²) in [5.74, 6) is 0.287. The third kappa shape index (κ3) is 1.42. The van der Waals surface area contributed by atoms with Gasteiger partial charge in [0.05, 0.1) is 0 Å². The van der Waals surface area contributed by atoms with Crippen molar-refractivity contribution in [2.45, 2.75) is 37.9 Å². The Bertz CT molecular complexity index is 381. The zero-order chi connectivity index (χ0) is 11.3. The molecule has 2 rings (SSSR count). The number of halogens is 4. The summed E-state index contributed by atoms with van der Waals surface area (Å²) in [4.78, 5) is 0. The topological polar surface area (TPSA) is 30.7 Å². The molecule has 1 heterocycles. The van der Waals surface area contributed by atoms with E-state index in [9.17, 15) is 13.2 Å². The molecule has 0 N–H and O–H groups in total. The van der Waals surface area contributed by atoms with Gasteiger partial charge in [-0.2, -0.15) is 13.2 Å². The third-order valence-electron chi connectivity index (χ3n) is 2.69. The molecule has 0 radical (unpaired) electrons. The molecule has 0 atom stereocenters. The minimum atomic E-state index is -4.29. The Morgan fingerprint density at radius 3 is 2.40 bits per heavy atom. The second kappa shape index (κ2) is 3.10. The van der Waals surface area contributed by atoms with Gasteiger partial charge < -0.3 is 0 Å². The predicted octanol–water partition coefficient (Wildman–Crippen LogP) is 2.55. The minimum Gasteiger partial charge on any atom is -0.286 e. The zero-order valence-corrected chi connectivity index (χ0v) is 8.73. The van der Waals surface area contributed by atoms with E-state index in [2.05, 4.69) is 10.2 Å². The highest BCUT2D eigenvalue weighted by Crippen LogP contribution is 2.56. The van der Waals surface area contributed by atoms with Crippen LogP contribution in [-0.2, 0) is 12.0 Å². The summed E-state index contributed by atoms with van der Waals surface area (Å²) in [6.07, 6.45) is -3.79. The van der Waals surface area contributed by atoms with Crippen molar-refractivity contribution in [1.29, 1.82) is 0 Å². The molecule has 0 saturated heterocycles. The van der Waals surface area contributed by atoms with Gasteiger partial charge in [-0.25, -0.2) is 0 Å². The summed E-state index contributed by atoms with van der Waals surface area (Å²) in [7, 11) is 0. The first-order chi connectivity index (χ1) is 6.92. The van der Waals surface area contributed by atoms with Crippen LogP contribution in [-0.4, -0.2) is 20.9 Å². The second-order valence-corrected chi connectivity index (χ2v) is 3.94. The lowest BCUT2D eigenvalue weighted by atomic mass is 10.2. The first-order valence-electron chi connectivity index (χ1n) is 4.59. The van der Waals surface area contributed by atoms with Gasteiger partial charge in [-0.15, -0.1) is 10.2 Å². The van der Waals surface area contributed by atoms with E-state index in [0.29, 0.717) is 6.42 Å². The molecule has 0 spiro atoms. The standard InChI is InChI=1S/C8H9ClF3N3/c1-2-5-13-14-6(9)15(5)7(3-4-7)8(10,11)12/h2-4H2,1H3. The molecule has 3 nitrogen and oxygen atoms in total. The Hall–Kier alpha value is -0.780. The Balaban J connectivity index is 2.50. The number of hydrogen-bond donors (Lipinski definition) is 0. The summed E-state index contributed by atoms with van der Waals surface area (Å²) < 4.78 is 39.5. The van der Waals surface area contributed by atoms with Crippen molar-refractivity contribution >= 4 is 11.6 Å². The monoisotopic (exact) mass is 239 g/mol. The minimum absolute atomic E-state index is 0.0568. The molecule has 0 aromatic carbocycles. The maximum absolute atomic E-state index is 12.8. The lowest BCUT2D eigenvalue weighted by Crippen LogP contribution is -2.36. The Labute approximate surface area is 89.2 Å². The van der Waals surface area contributed by atoms with Gasteiger partial charge in [0.1, 0.15) is 11.4 Å². The largest absolute Gasteiger partial charge is 0.412 e. The summed E-state index contributed by atoms with van der Waals surface area (Å²) in [6.45, 7) is 1.73. The highest BCUT2D eigenvalue weighted by Gasteiger charge is 2.66. The van der Waals surface area contributed by atoms with Gasteiger partial charge in [0.2, 0.25) is 5.28 Å². The predicted molar refractivity (Wildman–Crippen MR) is 47.7 cm³/mol. The molecule has 1 aliphatic carbocycles. The molecular weight excluding hydrogens is 231 g/mol. The highest BCUT2D eigenvalue weighted by molar-refractivity contribution is 6.28. The van der Waals surface area contributed by atoms with Gasteiger partial charge in [0, 0.05) is 6.42 Å². The molecule has 0 aliphatic heterocycles. The van der Waals surface area contributed by atoms with E-state index in [4.69, 9.17) is 11.6 Å². The van der Waals surface area contributed by atoms with Crippen molar-refractivity contribution in [1.82, 2.24) is 14.8 Å². The van der Waals surface area contributed by atoms with Crippen LogP contribution in [0, 0.1) is 0 Å². The Kier molecular flexibility index (Phi) is 2.22. The molecule has 1 aliphatic rings. The van der Waals surface area contributed by atoms with E-state index in [1.54, 1.807) is 6.92 Å². The van der Waals surface area contributed by atoms with Crippen molar-refractivity contribution in [3.05, 3.63) is 11.1 Å². The molecule has 84 valence electrons. The van der Waals surface area contributed by atoms with Crippen molar-refractivity contribution in [2.24, 2.45) is 0 Å². The number of aryl methyl sites for hydroxylation is 1. The van der Waals surface area contributed by atoms with Crippen LogP contribution >= 0.6 is 11.6 Å². The average Bonchev–Trinajstić information content (AvgIpc) is 2.85. The Morgan fingerprint density at radius 1 is 1.40 bits per heavy atom. The van der Waals surface area contributed by atoms with E-state index in [1.165, 1.54) is 0 Å². The first kappa shape index (κ1) is 10.7. The fourth-order valence-corrected chi connectivity index (χ4v) is 2.00. The normalized spacial score (nSPS) is 19.3. The highest BCUT2D eigenvalue weighted by atomic mass is 35.5. The fourth-order valence-electron chi connectivity index (χ4n) is 1.70. The summed E-state index contributed by atoms with van der Waals surface area (Å²) in [5, 5.41) is 6.94. The van der Waals surface area contributed by atoms with Crippen LogP contribution in [0.3, 0.4) is 0 Å². The molecule has 15 heavy (non-hydrogen) atoms. The molecule has 1 saturated carbocycles. The molecule has 1 aromatic rings. The van der Waals surface area contributed by atoms with Crippen molar-refractivity contribution < 1.29 is 13.2 Å². The van der Waals surface area contributed by atoms with Gasteiger partial charge in [-0.05, 0) is 24.4 Å². The first-order valence-corrected chi connectivity index (χ1v) is 4.97. The molecule has 0 unspecified atom stereocenters. The van der Waals surface area contributed by atoms with Crippen LogP contribution < -0.4 is 0 Å². The van der Waals surface area contributed by atoms with Crippen LogP contribution in [0.2, 0.25) is 5.28 Å². The molecule has 1 aromatic heterocycles. The van der Waals surface area contributed by atoms with Gasteiger partial charge in [-0.3, -0.25) is 4.57 Å². The smallest absolute Gasteiger partial charge is 0.286 e. The SMILES string of the molecule is CCc1nnc(Cl)n1C1(C(F)(F)F)CC1. The van der Waals surface area contributed by atoms with Crippen LogP contribution in [0.25, 0.3) is 0 Å². The van der Waals surface area contributed by atoms with E-state index in [-0.39, 0.29) is 23.9 Å². The number of rotatable bonds is 2. The summed E-state index contributed by atoms with van der Waals surface area (Å²) >= 11 is 5.64. The van der Waals surface area contributed by atoms with Gasteiger partial charge in [0.15, 0.2) is 0 Å². The van der Waals surface area contributed by atoms with Crippen LogP contribution in [0.4, 0.5) is 13.2 Å². The van der Waals surface area contributed by atoms with E-state index < -0.39 is 11.7 Å². The second-order valence-electron chi connectivity index (χ2n) is 3.60. The number of nitrogens with zero attached hydrogens (tertiary/aromatic N) is 3. The molecule has 0 amide bonds. The van der Waals surface area contributed by atoms with E-state index in [1.807, 2.05) is 0 Å². The van der Waals surface area contributed by atoms with Crippen molar-refractivity contribution in [3.8, 4) is 0 Å². The fraction of sp³-hybridized carbons (Fsp3) is 0.750. The number of aromatic nitrogens is 3. The van der Waals surface area contributed by atoms with Crippen LogP contribution in [0.15, 0.2) is 0 Å². The van der Waals surface area contributed by atoms with Crippen LogP contribution in [0.1, 0.15) is 25.6 Å². The molecule has 0 bridgehead atoms. The Morgan fingerprint density at radius 2 is 2.00 bits per heavy atom. The molecule has 7 heteroatoms. The lowest BCUT2D eigenvalue weighted by molar-refractivity contribution is -0.180. The van der Waals surface area contributed by atoms with Crippen molar-refractivity contribution in [3.63, 3.8) is 0 Å². The summed E-state index contributed by atoms with van der Waals surface area (Å²) in [6, 6.07) is 0. The quantitative estimate of drug-likeness (QED) is 0.794. The average molecular weight is 240 g/mol. The summed E-state index contributed by atoms with van der Waals surface area (Å²) in [5.41, 5.74) is -1.85. The zero-order valence-electron chi connectivity index (χ0n) is 7.97. The molecular formula is C8H9ClF3N3. The number of alkyl halides is 3. The van der Waals surface area contributed by atoms with Gasteiger partial charge in [0.25, 0.3) is 0 Å². The number of hydrogen-bond acceptors (Lipinski definition) is 2. The van der Waals surface area contributed by atoms with Gasteiger partial charge in [-0.1, -0.05) is 6.92 Å². The van der Waals surface area contributed by atoms with Crippen molar-refractivity contribution in [2.75, 3.05) is 0 Å².